The van der Waals surface area contributed by atoms with E-state index in [1.54, 1.807) is 6.26 Å². The van der Waals surface area contributed by atoms with Gasteiger partial charge in [0.15, 0.2) is 0 Å². The summed E-state index contributed by atoms with van der Waals surface area (Å²) >= 11 is 0. The lowest BCUT2D eigenvalue weighted by atomic mass is 9.96. The number of aryl methyl sites for hydroxylation is 1. The van der Waals surface area contributed by atoms with E-state index < -0.39 is 6.10 Å². The molecule has 1 fully saturated rings. The maximum absolute atomic E-state index is 10.0. The van der Waals surface area contributed by atoms with Crippen LogP contribution >= 0.6 is 0 Å². The van der Waals surface area contributed by atoms with Crippen molar-refractivity contribution in [3.8, 4) is 0 Å². The summed E-state index contributed by atoms with van der Waals surface area (Å²) in [4.78, 5) is 0. The van der Waals surface area contributed by atoms with Crippen molar-refractivity contribution in [2.75, 3.05) is 6.54 Å². The molecule has 3 nitrogen and oxygen atoms in total. The highest BCUT2D eigenvalue weighted by Gasteiger charge is 2.49. The van der Waals surface area contributed by atoms with Crippen molar-refractivity contribution < 1.29 is 9.52 Å². The van der Waals surface area contributed by atoms with Crippen molar-refractivity contribution >= 4 is 0 Å². The van der Waals surface area contributed by atoms with Crippen LogP contribution in [-0.4, -0.2) is 11.7 Å². The van der Waals surface area contributed by atoms with Gasteiger partial charge >= 0.3 is 0 Å². The van der Waals surface area contributed by atoms with E-state index >= 15 is 0 Å². The highest BCUT2D eigenvalue weighted by Crippen LogP contribution is 2.54. The van der Waals surface area contributed by atoms with Crippen molar-refractivity contribution in [3.05, 3.63) is 23.7 Å². The smallest absolute Gasteiger partial charge is 0.135 e. The third-order valence-corrected chi connectivity index (χ3v) is 3.03. The van der Waals surface area contributed by atoms with Crippen molar-refractivity contribution in [1.82, 2.24) is 0 Å². The van der Waals surface area contributed by atoms with Gasteiger partial charge in [-0.05, 0) is 31.4 Å². The van der Waals surface area contributed by atoms with Gasteiger partial charge in [-0.2, -0.15) is 0 Å². The van der Waals surface area contributed by atoms with E-state index in [1.807, 2.05) is 13.0 Å². The highest BCUT2D eigenvalue weighted by molar-refractivity contribution is 5.21. The summed E-state index contributed by atoms with van der Waals surface area (Å²) in [5, 5.41) is 10.0. The molecule has 0 radical (unpaired) electrons. The van der Waals surface area contributed by atoms with Gasteiger partial charge in [0.2, 0.25) is 0 Å². The number of hydrogen-bond donors (Lipinski definition) is 2. The fourth-order valence-electron chi connectivity index (χ4n) is 1.69. The molecule has 1 aromatic heterocycles. The quantitative estimate of drug-likeness (QED) is 0.740. The predicted octanol–water partition coefficient (Wildman–Crippen LogP) is 1.36. The number of furan rings is 1. The number of rotatable bonds is 3. The SMILES string of the molecule is Cc1ccoc1C(O)C1(CN)CC1. The molecule has 0 saturated heterocycles. The van der Waals surface area contributed by atoms with Crippen molar-refractivity contribution in [2.24, 2.45) is 11.1 Å². The molecule has 0 amide bonds. The number of hydrogen-bond acceptors (Lipinski definition) is 3. The Kier molecular flexibility index (Phi) is 1.93. The predicted molar refractivity (Wildman–Crippen MR) is 49.1 cm³/mol. The number of aliphatic hydroxyl groups is 1. The minimum Gasteiger partial charge on any atom is -0.466 e. The first-order chi connectivity index (χ1) is 6.19. The van der Waals surface area contributed by atoms with Gasteiger partial charge in [-0.3, -0.25) is 0 Å². The Morgan fingerprint density at radius 1 is 1.69 bits per heavy atom. The topological polar surface area (TPSA) is 59.4 Å². The maximum atomic E-state index is 10.0. The van der Waals surface area contributed by atoms with Gasteiger partial charge < -0.3 is 15.3 Å². The van der Waals surface area contributed by atoms with Crippen LogP contribution in [0.1, 0.15) is 30.3 Å². The fourth-order valence-corrected chi connectivity index (χ4v) is 1.69. The molecular weight excluding hydrogens is 166 g/mol. The van der Waals surface area contributed by atoms with Crippen molar-refractivity contribution in [1.29, 1.82) is 0 Å². The Labute approximate surface area is 77.5 Å². The summed E-state index contributed by atoms with van der Waals surface area (Å²) < 4.78 is 5.25. The lowest BCUT2D eigenvalue weighted by molar-refractivity contribution is 0.0749. The van der Waals surface area contributed by atoms with Crippen LogP contribution in [0, 0.1) is 12.3 Å². The van der Waals surface area contributed by atoms with Gasteiger partial charge in [0, 0.05) is 12.0 Å². The van der Waals surface area contributed by atoms with Crippen LogP contribution in [0.4, 0.5) is 0 Å². The lowest BCUT2D eigenvalue weighted by Gasteiger charge is -2.18. The molecule has 72 valence electrons. The number of aliphatic hydroxyl groups excluding tert-OH is 1. The van der Waals surface area contributed by atoms with Gasteiger partial charge in [0.25, 0.3) is 0 Å². The second kappa shape index (κ2) is 2.86. The van der Waals surface area contributed by atoms with Crippen LogP contribution in [0.3, 0.4) is 0 Å². The molecule has 0 aliphatic heterocycles. The Balaban J connectivity index is 2.22. The average molecular weight is 181 g/mol. The van der Waals surface area contributed by atoms with Gasteiger partial charge in [-0.25, -0.2) is 0 Å². The van der Waals surface area contributed by atoms with Crippen molar-refractivity contribution in [2.45, 2.75) is 25.9 Å². The monoisotopic (exact) mass is 181 g/mol. The van der Waals surface area contributed by atoms with E-state index in [0.717, 1.165) is 18.4 Å². The largest absolute Gasteiger partial charge is 0.466 e. The van der Waals surface area contributed by atoms with E-state index in [1.165, 1.54) is 0 Å². The second-order valence-corrected chi connectivity index (χ2v) is 3.94. The van der Waals surface area contributed by atoms with E-state index in [4.69, 9.17) is 10.2 Å². The van der Waals surface area contributed by atoms with Crippen LogP contribution in [0.5, 0.6) is 0 Å². The Morgan fingerprint density at radius 3 is 2.77 bits per heavy atom. The Hall–Kier alpha value is -0.800. The van der Waals surface area contributed by atoms with E-state index in [0.29, 0.717) is 12.3 Å². The van der Waals surface area contributed by atoms with Crippen LogP contribution < -0.4 is 5.73 Å². The molecular formula is C10H15NO2. The molecule has 1 aromatic rings. The molecule has 0 aromatic carbocycles. The first-order valence-electron chi connectivity index (χ1n) is 4.62. The van der Waals surface area contributed by atoms with E-state index in [9.17, 15) is 5.11 Å². The zero-order chi connectivity index (χ0) is 9.47. The molecule has 1 heterocycles. The van der Waals surface area contributed by atoms with Gasteiger partial charge in [-0.15, -0.1) is 0 Å². The van der Waals surface area contributed by atoms with Crippen molar-refractivity contribution in [3.63, 3.8) is 0 Å². The highest BCUT2D eigenvalue weighted by atomic mass is 16.4. The summed E-state index contributed by atoms with van der Waals surface area (Å²) in [6.45, 7) is 2.48. The van der Waals surface area contributed by atoms with Crippen LogP contribution in [-0.2, 0) is 0 Å². The van der Waals surface area contributed by atoms with Gasteiger partial charge in [-0.1, -0.05) is 0 Å². The average Bonchev–Trinajstić information content (AvgIpc) is 2.83. The molecule has 2 rings (SSSR count). The Morgan fingerprint density at radius 2 is 2.38 bits per heavy atom. The Bertz CT molecular complexity index is 302. The first kappa shape index (κ1) is 8.78. The molecule has 13 heavy (non-hydrogen) atoms. The minimum atomic E-state index is -0.521. The zero-order valence-corrected chi connectivity index (χ0v) is 7.79. The second-order valence-electron chi connectivity index (χ2n) is 3.94. The molecule has 0 spiro atoms. The summed E-state index contributed by atoms with van der Waals surface area (Å²) in [6.07, 6.45) is 3.10. The third-order valence-electron chi connectivity index (χ3n) is 3.03. The summed E-state index contributed by atoms with van der Waals surface area (Å²) in [7, 11) is 0. The molecule has 1 aliphatic carbocycles. The van der Waals surface area contributed by atoms with Crippen LogP contribution in [0.15, 0.2) is 16.7 Å². The standard InChI is InChI=1S/C10H15NO2/c1-7-2-5-13-8(7)9(12)10(6-11)3-4-10/h2,5,9,12H,3-4,6,11H2,1H3. The summed E-state index contributed by atoms with van der Waals surface area (Å²) in [6, 6.07) is 1.87. The van der Waals surface area contributed by atoms with E-state index in [-0.39, 0.29) is 5.41 Å². The minimum absolute atomic E-state index is 0.0946. The maximum Gasteiger partial charge on any atom is 0.135 e. The first-order valence-corrected chi connectivity index (χ1v) is 4.62. The molecule has 1 saturated carbocycles. The van der Waals surface area contributed by atoms with E-state index in [2.05, 4.69) is 0 Å². The van der Waals surface area contributed by atoms with Crippen LogP contribution in [0.25, 0.3) is 0 Å². The summed E-state index contributed by atoms with van der Waals surface area (Å²) in [5.74, 6) is 0.683. The number of nitrogens with two attached hydrogens (primary N) is 1. The summed E-state index contributed by atoms with van der Waals surface area (Å²) in [5.41, 5.74) is 6.54. The molecule has 1 aliphatic rings. The fraction of sp³-hybridized carbons (Fsp3) is 0.600. The van der Waals surface area contributed by atoms with Gasteiger partial charge in [0.05, 0.1) is 6.26 Å². The molecule has 1 atom stereocenters. The third kappa shape index (κ3) is 1.28. The van der Waals surface area contributed by atoms with Crippen LogP contribution in [0.2, 0.25) is 0 Å². The molecule has 3 heteroatoms. The van der Waals surface area contributed by atoms with Gasteiger partial charge in [0.1, 0.15) is 11.9 Å². The molecule has 1 unspecified atom stereocenters. The zero-order valence-electron chi connectivity index (χ0n) is 7.79. The lowest BCUT2D eigenvalue weighted by Crippen LogP contribution is -2.23. The molecule has 0 bridgehead atoms. The normalized spacial score (nSPS) is 21.5. The molecule has 3 N–H and O–H groups in total.